The summed E-state index contributed by atoms with van der Waals surface area (Å²) in [6, 6.07) is 9.85. The molecule has 1 aliphatic rings. The van der Waals surface area contributed by atoms with Gasteiger partial charge in [-0.2, -0.15) is 4.31 Å². The second kappa shape index (κ2) is 9.35. The first-order valence-corrected chi connectivity index (χ1v) is 11.5. The number of carbonyl (C=O) groups is 2. The van der Waals surface area contributed by atoms with Crippen LogP contribution in [-0.2, 0) is 20.2 Å². The summed E-state index contributed by atoms with van der Waals surface area (Å²) >= 11 is 0. The van der Waals surface area contributed by atoms with Crippen LogP contribution in [0.25, 0.3) is 0 Å². The molecule has 2 aromatic rings. The zero-order valence-corrected chi connectivity index (χ0v) is 19.0. The van der Waals surface area contributed by atoms with Crippen molar-refractivity contribution in [3.63, 3.8) is 0 Å². The number of halogens is 1. The Morgan fingerprint density at radius 2 is 1.56 bits per heavy atom. The monoisotopic (exact) mass is 463 g/mol. The zero-order chi connectivity index (χ0) is 23.5. The normalized spacial score (nSPS) is 15.2. The highest BCUT2D eigenvalue weighted by molar-refractivity contribution is 7.89. The van der Waals surface area contributed by atoms with E-state index in [4.69, 9.17) is 4.74 Å². The van der Waals surface area contributed by atoms with Gasteiger partial charge in [0.15, 0.2) is 0 Å². The van der Waals surface area contributed by atoms with E-state index in [1.165, 1.54) is 4.31 Å². The maximum Gasteiger partial charge on any atom is 0.272 e. The first kappa shape index (κ1) is 23.8. The molecule has 0 atom stereocenters. The van der Waals surface area contributed by atoms with Crippen molar-refractivity contribution in [2.75, 3.05) is 26.3 Å². The topological polar surface area (TPSA) is 105 Å². The van der Waals surface area contributed by atoms with Crippen LogP contribution in [0.3, 0.4) is 0 Å². The van der Waals surface area contributed by atoms with Gasteiger partial charge in [-0.05, 0) is 41.3 Å². The Hall–Kier alpha value is -2.82. The lowest BCUT2D eigenvalue weighted by Crippen LogP contribution is -2.42. The quantitative estimate of drug-likeness (QED) is 0.677. The second-order valence-electron chi connectivity index (χ2n) is 8.39. The highest BCUT2D eigenvalue weighted by Gasteiger charge is 2.28. The second-order valence-corrected chi connectivity index (χ2v) is 10.3. The van der Waals surface area contributed by atoms with Crippen LogP contribution < -0.4 is 10.9 Å². The number of amides is 2. The standard InChI is InChI=1S/C22H26FN3O5S/c1-22(2,3)16-6-4-15(5-7-16)20(27)24-25-21(28)18-14-17(8-9-19(18)23)32(29,30)26-10-12-31-13-11-26/h4-9,14H,10-13H2,1-3H3,(H,24,27)(H,25,28). The molecule has 0 radical (unpaired) electrons. The first-order chi connectivity index (χ1) is 15.0. The Balaban J connectivity index is 1.71. The van der Waals surface area contributed by atoms with Crippen molar-refractivity contribution >= 4 is 21.8 Å². The van der Waals surface area contributed by atoms with Gasteiger partial charge < -0.3 is 4.74 Å². The molecule has 1 fully saturated rings. The van der Waals surface area contributed by atoms with Gasteiger partial charge in [0, 0.05) is 18.7 Å². The third-order valence-electron chi connectivity index (χ3n) is 5.09. The Morgan fingerprint density at radius 1 is 0.969 bits per heavy atom. The van der Waals surface area contributed by atoms with E-state index in [0.29, 0.717) is 5.56 Å². The molecule has 0 saturated carbocycles. The number of ether oxygens (including phenoxy) is 1. The molecular weight excluding hydrogens is 437 g/mol. The van der Waals surface area contributed by atoms with Gasteiger partial charge in [0.2, 0.25) is 10.0 Å². The minimum absolute atomic E-state index is 0.0761. The van der Waals surface area contributed by atoms with E-state index in [1.807, 2.05) is 32.9 Å². The van der Waals surface area contributed by atoms with E-state index in [9.17, 15) is 22.4 Å². The van der Waals surface area contributed by atoms with Gasteiger partial charge in [0.1, 0.15) is 5.82 Å². The summed E-state index contributed by atoms with van der Waals surface area (Å²) in [6.07, 6.45) is 0. The van der Waals surface area contributed by atoms with Crippen LogP contribution in [-0.4, -0.2) is 50.8 Å². The van der Waals surface area contributed by atoms with E-state index in [0.717, 1.165) is 23.8 Å². The summed E-state index contributed by atoms with van der Waals surface area (Å²) < 4.78 is 46.2. The number of nitrogens with one attached hydrogen (secondary N) is 2. The molecule has 2 amide bonds. The van der Waals surface area contributed by atoms with E-state index in [1.54, 1.807) is 12.1 Å². The first-order valence-electron chi connectivity index (χ1n) is 10.1. The summed E-state index contributed by atoms with van der Waals surface area (Å²) in [5, 5.41) is 0. The maximum absolute atomic E-state index is 14.3. The fraction of sp³-hybridized carbons (Fsp3) is 0.364. The van der Waals surface area contributed by atoms with Crippen LogP contribution >= 0.6 is 0 Å². The fourth-order valence-corrected chi connectivity index (χ4v) is 4.58. The van der Waals surface area contributed by atoms with Crippen molar-refractivity contribution in [2.45, 2.75) is 31.1 Å². The van der Waals surface area contributed by atoms with E-state index in [-0.39, 0.29) is 36.6 Å². The number of sulfonamides is 1. The largest absolute Gasteiger partial charge is 0.379 e. The highest BCUT2D eigenvalue weighted by atomic mass is 32.2. The SMILES string of the molecule is CC(C)(C)c1ccc(C(=O)NNC(=O)c2cc(S(=O)(=O)N3CCOCC3)ccc2F)cc1. The van der Waals surface area contributed by atoms with Gasteiger partial charge in [-0.3, -0.25) is 20.4 Å². The maximum atomic E-state index is 14.3. The van der Waals surface area contributed by atoms with E-state index >= 15 is 0 Å². The zero-order valence-electron chi connectivity index (χ0n) is 18.1. The number of carbonyl (C=O) groups excluding carboxylic acids is 2. The average molecular weight is 464 g/mol. The number of hydrogen-bond donors (Lipinski definition) is 2. The summed E-state index contributed by atoms with van der Waals surface area (Å²) in [4.78, 5) is 24.6. The molecule has 0 unspecified atom stereocenters. The average Bonchev–Trinajstić information content (AvgIpc) is 2.77. The van der Waals surface area contributed by atoms with Crippen LogP contribution in [0, 0.1) is 5.82 Å². The van der Waals surface area contributed by atoms with E-state index in [2.05, 4.69) is 10.9 Å². The number of nitrogens with zero attached hydrogens (tertiary/aromatic N) is 1. The van der Waals surface area contributed by atoms with Crippen molar-refractivity contribution < 1.29 is 27.1 Å². The minimum atomic E-state index is -3.91. The fourth-order valence-electron chi connectivity index (χ4n) is 3.15. The molecule has 1 heterocycles. The number of morpholine rings is 1. The molecule has 172 valence electrons. The number of benzene rings is 2. The molecule has 2 aromatic carbocycles. The molecule has 1 saturated heterocycles. The van der Waals surface area contributed by atoms with Crippen molar-refractivity contribution in [1.29, 1.82) is 0 Å². The smallest absolute Gasteiger partial charge is 0.272 e. The molecule has 2 N–H and O–H groups in total. The van der Waals surface area contributed by atoms with Crippen LogP contribution in [0.5, 0.6) is 0 Å². The molecule has 10 heteroatoms. The molecule has 0 bridgehead atoms. The Labute approximate surface area is 186 Å². The summed E-state index contributed by atoms with van der Waals surface area (Å²) in [5.74, 6) is -2.47. The van der Waals surface area contributed by atoms with Crippen molar-refractivity contribution in [1.82, 2.24) is 15.2 Å². The van der Waals surface area contributed by atoms with Crippen LogP contribution in [0.15, 0.2) is 47.4 Å². The molecule has 0 aliphatic carbocycles. The summed E-state index contributed by atoms with van der Waals surface area (Å²) in [6.45, 7) is 7.00. The third kappa shape index (κ3) is 5.32. The van der Waals surface area contributed by atoms with Crippen LogP contribution in [0.2, 0.25) is 0 Å². The van der Waals surface area contributed by atoms with Gasteiger partial charge in [0.25, 0.3) is 11.8 Å². The van der Waals surface area contributed by atoms with Gasteiger partial charge in [-0.25, -0.2) is 12.8 Å². The molecule has 8 nitrogen and oxygen atoms in total. The van der Waals surface area contributed by atoms with Gasteiger partial charge >= 0.3 is 0 Å². The number of hydrogen-bond acceptors (Lipinski definition) is 5. The number of hydrazine groups is 1. The van der Waals surface area contributed by atoms with Crippen LogP contribution in [0.4, 0.5) is 4.39 Å². The third-order valence-corrected chi connectivity index (χ3v) is 6.99. The van der Waals surface area contributed by atoms with Gasteiger partial charge in [-0.15, -0.1) is 0 Å². The Morgan fingerprint density at radius 3 is 2.16 bits per heavy atom. The molecule has 0 aromatic heterocycles. The predicted molar refractivity (Wildman–Crippen MR) is 116 cm³/mol. The molecule has 3 rings (SSSR count). The van der Waals surface area contributed by atoms with Crippen molar-refractivity contribution in [2.24, 2.45) is 0 Å². The highest BCUT2D eigenvalue weighted by Crippen LogP contribution is 2.22. The summed E-state index contributed by atoms with van der Waals surface area (Å²) in [5.41, 5.74) is 5.13. The molecule has 0 spiro atoms. The lowest BCUT2D eigenvalue weighted by atomic mass is 9.87. The minimum Gasteiger partial charge on any atom is -0.379 e. The van der Waals surface area contributed by atoms with Crippen molar-refractivity contribution in [3.05, 3.63) is 65.0 Å². The van der Waals surface area contributed by atoms with Crippen LogP contribution in [0.1, 0.15) is 47.1 Å². The Bertz CT molecular complexity index is 1110. The molecule has 32 heavy (non-hydrogen) atoms. The molecule has 1 aliphatic heterocycles. The lowest BCUT2D eigenvalue weighted by Gasteiger charge is -2.26. The predicted octanol–water partition coefficient (Wildman–Crippen LogP) is 2.22. The van der Waals surface area contributed by atoms with Gasteiger partial charge in [-0.1, -0.05) is 32.9 Å². The Kier molecular flexibility index (Phi) is 6.97. The number of rotatable bonds is 4. The van der Waals surface area contributed by atoms with Gasteiger partial charge in [0.05, 0.1) is 23.7 Å². The lowest BCUT2D eigenvalue weighted by molar-refractivity contribution is 0.0730. The van der Waals surface area contributed by atoms with Crippen molar-refractivity contribution in [3.8, 4) is 0 Å². The summed E-state index contributed by atoms with van der Waals surface area (Å²) in [7, 11) is -3.91. The van der Waals surface area contributed by atoms with E-state index < -0.39 is 33.2 Å². The molecular formula is C22H26FN3O5S.